The van der Waals surface area contributed by atoms with E-state index in [0.29, 0.717) is 19.0 Å². The first-order valence-corrected chi connectivity index (χ1v) is 10.4. The Bertz CT molecular complexity index is 906. The minimum Gasteiger partial charge on any atom is -0.388 e. The highest BCUT2D eigenvalue weighted by Gasteiger charge is 2.42. The van der Waals surface area contributed by atoms with Gasteiger partial charge in [0.1, 0.15) is 5.60 Å². The summed E-state index contributed by atoms with van der Waals surface area (Å²) in [5, 5.41) is 4.35. The molecule has 0 bridgehead atoms. The lowest BCUT2D eigenvalue weighted by atomic mass is 9.85. The third-order valence-corrected chi connectivity index (χ3v) is 5.95. The summed E-state index contributed by atoms with van der Waals surface area (Å²) in [6.45, 7) is 5.76. The topological polar surface area (TPSA) is 41.9 Å². The normalized spacial score (nSPS) is 18.3. The number of amides is 1. The zero-order valence-corrected chi connectivity index (χ0v) is 17.2. The summed E-state index contributed by atoms with van der Waals surface area (Å²) >= 11 is 0. The van der Waals surface area contributed by atoms with Gasteiger partial charge in [-0.15, -0.1) is 0 Å². The molecule has 0 atom stereocenters. The smallest absolute Gasteiger partial charge is 0.246 e. The number of carbonyl (C=O) groups is 1. The van der Waals surface area contributed by atoms with E-state index in [9.17, 15) is 4.79 Å². The Kier molecular flexibility index (Phi) is 5.52. The number of nitrogens with zero attached hydrogens (tertiary/aromatic N) is 2. The molecule has 4 heteroatoms. The van der Waals surface area contributed by atoms with Crippen molar-refractivity contribution in [3.8, 4) is 0 Å². The Morgan fingerprint density at radius 1 is 1.07 bits per heavy atom. The summed E-state index contributed by atoms with van der Waals surface area (Å²) in [7, 11) is 0. The van der Waals surface area contributed by atoms with E-state index in [1.54, 1.807) is 6.08 Å². The number of oxime groups is 1. The van der Waals surface area contributed by atoms with E-state index in [1.807, 2.05) is 29.2 Å². The maximum absolute atomic E-state index is 12.6. The molecule has 2 aliphatic rings. The van der Waals surface area contributed by atoms with Crippen LogP contribution in [0.15, 0.2) is 65.8 Å². The molecule has 0 N–H and O–H groups in total. The predicted molar refractivity (Wildman–Crippen MR) is 117 cm³/mol. The van der Waals surface area contributed by atoms with Crippen LogP contribution in [0.25, 0.3) is 6.08 Å². The third kappa shape index (κ3) is 4.42. The van der Waals surface area contributed by atoms with Crippen LogP contribution in [0.3, 0.4) is 0 Å². The number of hydrogen-bond acceptors (Lipinski definition) is 3. The van der Waals surface area contributed by atoms with Crippen LogP contribution in [-0.4, -0.2) is 35.2 Å². The molecule has 1 amide bonds. The molecule has 1 spiro atoms. The molecule has 1 fully saturated rings. The van der Waals surface area contributed by atoms with Gasteiger partial charge in [-0.1, -0.05) is 73.6 Å². The molecule has 0 unspecified atom stereocenters. The highest BCUT2D eigenvalue weighted by atomic mass is 16.7. The van der Waals surface area contributed by atoms with Crippen LogP contribution in [0, 0.1) is 0 Å². The van der Waals surface area contributed by atoms with Crippen molar-refractivity contribution in [3.05, 3.63) is 77.4 Å². The standard InChI is InChI=1S/C25H28N2O2/c1-19(2)21-11-8-20(9-12-21)10-13-24(28)27-16-14-25(15-17-27)18-23(26-29-25)22-6-4-3-5-7-22/h3-13,19H,14-18H2,1-2H3. The van der Waals surface area contributed by atoms with Gasteiger partial charge in [-0.2, -0.15) is 0 Å². The Hall–Kier alpha value is -2.88. The van der Waals surface area contributed by atoms with Crippen molar-refractivity contribution in [2.45, 2.75) is 44.6 Å². The van der Waals surface area contributed by atoms with Crippen molar-refractivity contribution in [1.82, 2.24) is 4.90 Å². The lowest BCUT2D eigenvalue weighted by Crippen LogP contribution is -2.46. The molecular weight excluding hydrogens is 360 g/mol. The van der Waals surface area contributed by atoms with E-state index in [0.717, 1.165) is 36.1 Å². The first-order chi connectivity index (χ1) is 14.0. The molecular formula is C25H28N2O2. The second kappa shape index (κ2) is 8.24. The minimum atomic E-state index is -0.252. The number of benzene rings is 2. The van der Waals surface area contributed by atoms with Gasteiger partial charge in [0.05, 0.1) is 5.71 Å². The highest BCUT2D eigenvalue weighted by Crippen LogP contribution is 2.36. The zero-order chi connectivity index (χ0) is 20.3. The second-order valence-electron chi connectivity index (χ2n) is 8.34. The Labute approximate surface area is 172 Å². The molecule has 0 aromatic heterocycles. The molecule has 2 aromatic carbocycles. The Morgan fingerprint density at radius 2 is 1.76 bits per heavy atom. The quantitative estimate of drug-likeness (QED) is 0.691. The van der Waals surface area contributed by atoms with E-state index in [-0.39, 0.29) is 11.5 Å². The SMILES string of the molecule is CC(C)c1ccc(C=CC(=O)N2CCC3(CC2)CC(c2ccccc2)=NO3)cc1. The van der Waals surface area contributed by atoms with Crippen LogP contribution < -0.4 is 0 Å². The molecule has 150 valence electrons. The molecule has 0 aliphatic carbocycles. The zero-order valence-electron chi connectivity index (χ0n) is 17.2. The van der Waals surface area contributed by atoms with Gasteiger partial charge in [-0.3, -0.25) is 4.79 Å². The van der Waals surface area contributed by atoms with E-state index in [2.05, 4.69) is 55.4 Å². The largest absolute Gasteiger partial charge is 0.388 e. The van der Waals surface area contributed by atoms with Crippen LogP contribution >= 0.6 is 0 Å². The van der Waals surface area contributed by atoms with Crippen LogP contribution in [0.1, 0.15) is 55.7 Å². The van der Waals surface area contributed by atoms with Gasteiger partial charge in [0.15, 0.2) is 0 Å². The Morgan fingerprint density at radius 3 is 2.41 bits per heavy atom. The molecule has 4 rings (SSSR count). The van der Waals surface area contributed by atoms with Crippen LogP contribution in [-0.2, 0) is 9.63 Å². The lowest BCUT2D eigenvalue weighted by molar-refractivity contribution is -0.131. The van der Waals surface area contributed by atoms with Crippen LogP contribution in [0.5, 0.6) is 0 Å². The van der Waals surface area contributed by atoms with Crippen LogP contribution in [0.4, 0.5) is 0 Å². The van der Waals surface area contributed by atoms with Gasteiger partial charge in [0.25, 0.3) is 0 Å². The molecule has 2 aliphatic heterocycles. The van der Waals surface area contributed by atoms with E-state index in [1.165, 1.54) is 5.56 Å². The lowest BCUT2D eigenvalue weighted by Gasteiger charge is -2.36. The van der Waals surface area contributed by atoms with Gasteiger partial charge >= 0.3 is 0 Å². The minimum absolute atomic E-state index is 0.0648. The number of carbonyl (C=O) groups excluding carboxylic acids is 1. The molecule has 1 saturated heterocycles. The fourth-order valence-electron chi connectivity index (χ4n) is 3.97. The summed E-state index contributed by atoms with van der Waals surface area (Å²) < 4.78 is 0. The number of hydrogen-bond donors (Lipinski definition) is 0. The van der Waals surface area contributed by atoms with E-state index >= 15 is 0 Å². The number of piperidine rings is 1. The van der Waals surface area contributed by atoms with Gasteiger partial charge in [-0.05, 0) is 28.7 Å². The van der Waals surface area contributed by atoms with Gasteiger partial charge in [-0.25, -0.2) is 0 Å². The fourth-order valence-corrected chi connectivity index (χ4v) is 3.97. The average molecular weight is 389 g/mol. The average Bonchev–Trinajstić information content (AvgIpc) is 3.17. The summed E-state index contributed by atoms with van der Waals surface area (Å²) in [6, 6.07) is 18.6. The molecule has 2 aromatic rings. The fraction of sp³-hybridized carbons (Fsp3) is 0.360. The van der Waals surface area contributed by atoms with Crippen molar-refractivity contribution in [2.24, 2.45) is 5.16 Å². The highest BCUT2D eigenvalue weighted by molar-refractivity contribution is 6.01. The van der Waals surface area contributed by atoms with E-state index in [4.69, 9.17) is 4.84 Å². The maximum atomic E-state index is 12.6. The predicted octanol–water partition coefficient (Wildman–Crippen LogP) is 5.01. The van der Waals surface area contributed by atoms with Crippen molar-refractivity contribution in [3.63, 3.8) is 0 Å². The number of likely N-dealkylation sites (tertiary alicyclic amines) is 1. The molecule has 0 radical (unpaired) electrons. The summed E-state index contributed by atoms with van der Waals surface area (Å²) in [4.78, 5) is 20.4. The first-order valence-electron chi connectivity index (χ1n) is 10.4. The van der Waals surface area contributed by atoms with Crippen LogP contribution in [0.2, 0.25) is 0 Å². The van der Waals surface area contributed by atoms with Gasteiger partial charge in [0.2, 0.25) is 5.91 Å². The monoisotopic (exact) mass is 388 g/mol. The summed E-state index contributed by atoms with van der Waals surface area (Å²) in [5.41, 5.74) is 4.24. The molecule has 0 saturated carbocycles. The molecule has 2 heterocycles. The first kappa shape index (κ1) is 19.4. The molecule has 4 nitrogen and oxygen atoms in total. The summed E-state index contributed by atoms with van der Waals surface area (Å²) in [6.07, 6.45) is 6.03. The van der Waals surface area contributed by atoms with Crippen molar-refractivity contribution in [1.29, 1.82) is 0 Å². The summed E-state index contributed by atoms with van der Waals surface area (Å²) in [5.74, 6) is 0.578. The van der Waals surface area contributed by atoms with Crippen molar-refractivity contribution >= 4 is 17.7 Å². The van der Waals surface area contributed by atoms with Crippen molar-refractivity contribution < 1.29 is 9.63 Å². The van der Waals surface area contributed by atoms with Crippen molar-refractivity contribution in [2.75, 3.05) is 13.1 Å². The Balaban J connectivity index is 1.31. The maximum Gasteiger partial charge on any atom is 0.246 e. The number of rotatable bonds is 4. The second-order valence-corrected chi connectivity index (χ2v) is 8.34. The van der Waals surface area contributed by atoms with E-state index < -0.39 is 0 Å². The van der Waals surface area contributed by atoms with Gasteiger partial charge in [0, 0.05) is 38.4 Å². The van der Waals surface area contributed by atoms with Gasteiger partial charge < -0.3 is 9.74 Å². The molecule has 29 heavy (non-hydrogen) atoms. The third-order valence-electron chi connectivity index (χ3n) is 5.95.